The fraction of sp³-hybridized carbons (Fsp3) is 0.429. The van der Waals surface area contributed by atoms with Crippen molar-refractivity contribution in [2.75, 3.05) is 13.6 Å². The second kappa shape index (κ2) is 5.38. The number of hydrogen-bond donors (Lipinski definition) is 1. The molecule has 2 aromatic rings. The largest absolute Gasteiger partial charge is 0.459 e. The summed E-state index contributed by atoms with van der Waals surface area (Å²) in [4.78, 5) is 18.0. The topological polar surface area (TPSA) is 66.6 Å². The first kappa shape index (κ1) is 14.7. The van der Waals surface area contributed by atoms with Crippen LogP contribution in [0.2, 0.25) is 0 Å². The van der Waals surface area contributed by atoms with Crippen LogP contribution in [0.5, 0.6) is 0 Å². The van der Waals surface area contributed by atoms with Crippen molar-refractivity contribution in [3.63, 3.8) is 0 Å². The molecule has 0 spiro atoms. The average Bonchev–Trinajstić information content (AvgIpc) is 2.93. The molecular weight excluding hydrogens is 276 g/mol. The zero-order valence-electron chi connectivity index (χ0n) is 12.0. The van der Waals surface area contributed by atoms with Crippen molar-refractivity contribution in [2.45, 2.75) is 26.4 Å². The van der Waals surface area contributed by atoms with Crippen LogP contribution in [0.1, 0.15) is 30.1 Å². The van der Waals surface area contributed by atoms with E-state index in [2.05, 4.69) is 4.98 Å². The Hall–Kier alpha value is -1.66. The fourth-order valence-electron chi connectivity index (χ4n) is 1.88. The van der Waals surface area contributed by atoms with Crippen molar-refractivity contribution in [1.29, 1.82) is 0 Å². The molecule has 2 rings (SSSR count). The first-order valence-electron chi connectivity index (χ1n) is 6.26. The minimum atomic E-state index is -0.929. The van der Waals surface area contributed by atoms with Crippen molar-refractivity contribution < 1.29 is 14.3 Å². The first-order valence-corrected chi connectivity index (χ1v) is 7.14. The molecule has 0 bridgehead atoms. The van der Waals surface area contributed by atoms with Gasteiger partial charge in [0.15, 0.2) is 10.8 Å². The molecule has 2 aromatic heterocycles. The highest BCUT2D eigenvalue weighted by Gasteiger charge is 2.22. The highest BCUT2D eigenvalue weighted by Crippen LogP contribution is 2.26. The van der Waals surface area contributed by atoms with Crippen molar-refractivity contribution in [1.82, 2.24) is 9.88 Å². The van der Waals surface area contributed by atoms with Crippen LogP contribution < -0.4 is 0 Å². The Morgan fingerprint density at radius 2 is 2.20 bits per heavy atom. The maximum atomic E-state index is 12.2. The fourth-order valence-corrected chi connectivity index (χ4v) is 2.64. The summed E-state index contributed by atoms with van der Waals surface area (Å²) in [7, 11) is 1.65. The van der Waals surface area contributed by atoms with Crippen molar-refractivity contribution in [3.05, 3.63) is 29.0 Å². The van der Waals surface area contributed by atoms with E-state index >= 15 is 0 Å². The van der Waals surface area contributed by atoms with Crippen LogP contribution in [0, 0.1) is 6.92 Å². The molecule has 0 atom stereocenters. The molecular formula is C14H18N2O3S. The minimum Gasteiger partial charge on any atom is -0.459 e. The SMILES string of the molecule is Cc1ccc(-c2nc(C(=O)N(C)CC(C)(C)O)cs2)o1. The number of aryl methyl sites for hydroxylation is 1. The van der Waals surface area contributed by atoms with Gasteiger partial charge < -0.3 is 14.4 Å². The lowest BCUT2D eigenvalue weighted by Gasteiger charge is -2.24. The quantitative estimate of drug-likeness (QED) is 0.941. The summed E-state index contributed by atoms with van der Waals surface area (Å²) < 4.78 is 5.49. The van der Waals surface area contributed by atoms with Gasteiger partial charge in [-0.1, -0.05) is 0 Å². The number of furan rings is 1. The van der Waals surface area contributed by atoms with Gasteiger partial charge >= 0.3 is 0 Å². The van der Waals surface area contributed by atoms with E-state index in [4.69, 9.17) is 4.42 Å². The molecule has 0 aromatic carbocycles. The van der Waals surface area contributed by atoms with Gasteiger partial charge in [-0.3, -0.25) is 4.79 Å². The minimum absolute atomic E-state index is 0.210. The molecule has 0 fully saturated rings. The van der Waals surface area contributed by atoms with E-state index in [1.807, 2.05) is 19.1 Å². The van der Waals surface area contributed by atoms with Gasteiger partial charge in [0.2, 0.25) is 0 Å². The van der Waals surface area contributed by atoms with E-state index in [1.165, 1.54) is 16.2 Å². The Bertz CT molecular complexity index is 610. The molecule has 0 saturated carbocycles. The smallest absolute Gasteiger partial charge is 0.273 e. The number of carbonyl (C=O) groups excluding carboxylic acids is 1. The highest BCUT2D eigenvalue weighted by atomic mass is 32.1. The molecule has 6 heteroatoms. The number of thiazole rings is 1. The van der Waals surface area contributed by atoms with Gasteiger partial charge in [0.05, 0.1) is 5.60 Å². The molecule has 0 aliphatic rings. The molecule has 0 aliphatic carbocycles. The predicted molar refractivity (Wildman–Crippen MR) is 77.8 cm³/mol. The second-order valence-corrected chi connectivity index (χ2v) is 6.28. The molecule has 5 nitrogen and oxygen atoms in total. The van der Waals surface area contributed by atoms with Gasteiger partial charge in [0.25, 0.3) is 5.91 Å². The molecule has 108 valence electrons. The van der Waals surface area contributed by atoms with E-state index in [-0.39, 0.29) is 12.5 Å². The molecule has 0 unspecified atom stereocenters. The summed E-state index contributed by atoms with van der Waals surface area (Å²) in [5, 5.41) is 12.1. The van der Waals surface area contributed by atoms with Gasteiger partial charge in [0.1, 0.15) is 11.5 Å². The van der Waals surface area contributed by atoms with Crippen LogP contribution in [0.3, 0.4) is 0 Å². The maximum absolute atomic E-state index is 12.2. The van der Waals surface area contributed by atoms with Crippen molar-refractivity contribution in [3.8, 4) is 10.8 Å². The van der Waals surface area contributed by atoms with Crippen molar-refractivity contribution in [2.24, 2.45) is 0 Å². The zero-order valence-corrected chi connectivity index (χ0v) is 12.8. The third-order valence-electron chi connectivity index (χ3n) is 2.65. The Labute approximate surface area is 121 Å². The predicted octanol–water partition coefficient (Wildman–Crippen LogP) is 2.55. The van der Waals surface area contributed by atoms with Gasteiger partial charge in [-0.05, 0) is 32.9 Å². The second-order valence-electron chi connectivity index (χ2n) is 5.42. The lowest BCUT2D eigenvalue weighted by Crippen LogP contribution is -2.39. The number of hydrogen-bond acceptors (Lipinski definition) is 5. The molecule has 1 N–H and O–H groups in total. The number of aliphatic hydroxyl groups is 1. The number of rotatable bonds is 4. The number of nitrogens with zero attached hydrogens (tertiary/aromatic N) is 2. The van der Waals surface area contributed by atoms with Crippen LogP contribution in [0.25, 0.3) is 10.8 Å². The molecule has 0 radical (unpaired) electrons. The highest BCUT2D eigenvalue weighted by molar-refractivity contribution is 7.13. The van der Waals surface area contributed by atoms with E-state index in [9.17, 15) is 9.90 Å². The zero-order chi connectivity index (χ0) is 14.9. The van der Waals surface area contributed by atoms with Crippen LogP contribution in [-0.2, 0) is 0 Å². The van der Waals surface area contributed by atoms with Gasteiger partial charge in [-0.2, -0.15) is 0 Å². The summed E-state index contributed by atoms with van der Waals surface area (Å²) >= 11 is 1.36. The molecule has 0 saturated heterocycles. The van der Waals surface area contributed by atoms with Gasteiger partial charge in [0, 0.05) is 19.0 Å². The average molecular weight is 294 g/mol. The van der Waals surface area contributed by atoms with Crippen molar-refractivity contribution >= 4 is 17.2 Å². The Morgan fingerprint density at radius 1 is 1.50 bits per heavy atom. The van der Waals surface area contributed by atoms with E-state index in [1.54, 1.807) is 26.3 Å². The lowest BCUT2D eigenvalue weighted by atomic mass is 10.1. The van der Waals surface area contributed by atoms with Crippen LogP contribution in [-0.4, -0.2) is 40.1 Å². The van der Waals surface area contributed by atoms with Crippen LogP contribution >= 0.6 is 11.3 Å². The number of amides is 1. The molecule has 1 amide bonds. The lowest BCUT2D eigenvalue weighted by molar-refractivity contribution is 0.0365. The molecule has 0 aliphatic heterocycles. The van der Waals surface area contributed by atoms with E-state index in [0.717, 1.165) is 5.76 Å². The summed E-state index contributed by atoms with van der Waals surface area (Å²) in [5.41, 5.74) is -0.563. The summed E-state index contributed by atoms with van der Waals surface area (Å²) in [6.45, 7) is 5.43. The number of aromatic nitrogens is 1. The molecule has 2 heterocycles. The third-order valence-corrected chi connectivity index (χ3v) is 3.50. The Morgan fingerprint density at radius 3 is 2.75 bits per heavy atom. The monoisotopic (exact) mass is 294 g/mol. The summed E-state index contributed by atoms with van der Waals surface area (Å²) in [5.74, 6) is 1.26. The van der Waals surface area contributed by atoms with Gasteiger partial charge in [-0.15, -0.1) is 11.3 Å². The van der Waals surface area contributed by atoms with Crippen LogP contribution in [0.15, 0.2) is 21.9 Å². The third kappa shape index (κ3) is 3.46. The Kier molecular flexibility index (Phi) is 3.96. The summed E-state index contributed by atoms with van der Waals surface area (Å²) in [6.07, 6.45) is 0. The van der Waals surface area contributed by atoms with Gasteiger partial charge in [-0.25, -0.2) is 4.98 Å². The normalized spacial score (nSPS) is 11.7. The standard InChI is InChI=1S/C14H18N2O3S/c1-9-5-6-11(19-9)12-15-10(7-20-12)13(17)16(4)8-14(2,3)18/h5-7,18H,8H2,1-4H3. The number of likely N-dealkylation sites (N-methyl/N-ethyl adjacent to an activating group) is 1. The van der Waals surface area contributed by atoms with Crippen LogP contribution in [0.4, 0.5) is 0 Å². The Balaban J connectivity index is 2.14. The molecule has 20 heavy (non-hydrogen) atoms. The number of carbonyl (C=O) groups is 1. The van der Waals surface area contributed by atoms with E-state index in [0.29, 0.717) is 16.5 Å². The van der Waals surface area contributed by atoms with E-state index < -0.39 is 5.60 Å². The maximum Gasteiger partial charge on any atom is 0.273 e. The summed E-state index contributed by atoms with van der Waals surface area (Å²) in [6, 6.07) is 3.70. The first-order chi connectivity index (χ1) is 9.26.